The fourth-order valence-corrected chi connectivity index (χ4v) is 2.10. The first-order valence-electron chi connectivity index (χ1n) is 5.83. The number of hydrogen-bond acceptors (Lipinski definition) is 3. The maximum absolute atomic E-state index is 9.39. The van der Waals surface area contributed by atoms with E-state index in [4.69, 9.17) is 0 Å². The lowest BCUT2D eigenvalue weighted by molar-refractivity contribution is 0.471. The van der Waals surface area contributed by atoms with Crippen molar-refractivity contribution in [3.05, 3.63) is 58.3 Å². The van der Waals surface area contributed by atoms with Crippen LogP contribution in [0.15, 0.2) is 47.2 Å². The minimum absolute atomic E-state index is 0.274. The van der Waals surface area contributed by atoms with Crippen molar-refractivity contribution in [3.63, 3.8) is 0 Å². The van der Waals surface area contributed by atoms with Crippen LogP contribution in [-0.2, 0) is 13.0 Å². The standard InChI is InChI=1S/C14H15BrN2O/c15-13-9-12(1-2-14(13)18)10-17-8-5-11-3-6-16-7-4-11/h1-4,6-7,9,17-18H,5,8,10H2. The number of aromatic hydroxyl groups is 1. The van der Waals surface area contributed by atoms with Crippen LogP contribution in [0.5, 0.6) is 5.75 Å². The van der Waals surface area contributed by atoms with Gasteiger partial charge in [0.2, 0.25) is 0 Å². The number of benzene rings is 1. The Hall–Kier alpha value is -1.39. The molecule has 0 fully saturated rings. The number of nitrogens with one attached hydrogen (secondary N) is 1. The summed E-state index contributed by atoms with van der Waals surface area (Å²) in [5.74, 6) is 0.274. The number of hydrogen-bond donors (Lipinski definition) is 2. The first-order chi connectivity index (χ1) is 8.75. The molecule has 2 rings (SSSR count). The molecular weight excluding hydrogens is 292 g/mol. The van der Waals surface area contributed by atoms with Gasteiger partial charge in [0.15, 0.2) is 0 Å². The summed E-state index contributed by atoms with van der Waals surface area (Å²) in [6.07, 6.45) is 4.61. The van der Waals surface area contributed by atoms with E-state index in [1.165, 1.54) is 5.56 Å². The Morgan fingerprint density at radius 2 is 1.89 bits per heavy atom. The SMILES string of the molecule is Oc1ccc(CNCCc2ccncc2)cc1Br. The highest BCUT2D eigenvalue weighted by Gasteiger charge is 1.99. The van der Waals surface area contributed by atoms with Gasteiger partial charge in [0.05, 0.1) is 4.47 Å². The zero-order valence-corrected chi connectivity index (χ0v) is 11.5. The summed E-state index contributed by atoms with van der Waals surface area (Å²) in [6.45, 7) is 1.71. The van der Waals surface area contributed by atoms with Gasteiger partial charge in [-0.1, -0.05) is 6.07 Å². The molecule has 0 aliphatic carbocycles. The van der Waals surface area contributed by atoms with Crippen molar-refractivity contribution in [3.8, 4) is 5.75 Å². The zero-order valence-electron chi connectivity index (χ0n) is 9.94. The van der Waals surface area contributed by atoms with Crippen molar-refractivity contribution >= 4 is 15.9 Å². The molecule has 2 N–H and O–H groups in total. The number of phenolic OH excluding ortho intramolecular Hbond substituents is 1. The monoisotopic (exact) mass is 306 g/mol. The van der Waals surface area contributed by atoms with Crippen molar-refractivity contribution in [2.24, 2.45) is 0 Å². The van der Waals surface area contributed by atoms with Crippen molar-refractivity contribution in [2.75, 3.05) is 6.54 Å². The van der Waals surface area contributed by atoms with Crippen LogP contribution in [0.25, 0.3) is 0 Å². The Kier molecular flexibility index (Phi) is 4.73. The van der Waals surface area contributed by atoms with Gasteiger partial charge < -0.3 is 10.4 Å². The molecule has 0 saturated heterocycles. The first-order valence-corrected chi connectivity index (χ1v) is 6.62. The van der Waals surface area contributed by atoms with E-state index in [9.17, 15) is 5.11 Å². The van der Waals surface area contributed by atoms with E-state index in [-0.39, 0.29) is 5.75 Å². The third kappa shape index (κ3) is 3.82. The van der Waals surface area contributed by atoms with Gasteiger partial charge in [-0.3, -0.25) is 4.98 Å². The number of pyridine rings is 1. The molecule has 0 aliphatic heterocycles. The highest BCUT2D eigenvalue weighted by atomic mass is 79.9. The first kappa shape index (κ1) is 13.1. The average Bonchev–Trinajstić information content (AvgIpc) is 2.40. The lowest BCUT2D eigenvalue weighted by atomic mass is 10.2. The summed E-state index contributed by atoms with van der Waals surface area (Å²) in [5.41, 5.74) is 2.43. The third-order valence-electron chi connectivity index (χ3n) is 2.68. The minimum Gasteiger partial charge on any atom is -0.507 e. The van der Waals surface area contributed by atoms with E-state index >= 15 is 0 Å². The van der Waals surface area contributed by atoms with Gasteiger partial charge in [0.1, 0.15) is 5.75 Å². The van der Waals surface area contributed by atoms with E-state index in [1.54, 1.807) is 6.07 Å². The Morgan fingerprint density at radius 3 is 2.61 bits per heavy atom. The van der Waals surface area contributed by atoms with Crippen molar-refractivity contribution < 1.29 is 5.11 Å². The molecule has 1 aromatic heterocycles. The topological polar surface area (TPSA) is 45.1 Å². The van der Waals surface area contributed by atoms with Crippen LogP contribution >= 0.6 is 15.9 Å². The van der Waals surface area contributed by atoms with Gasteiger partial charge in [-0.05, 0) is 64.3 Å². The normalized spacial score (nSPS) is 10.5. The summed E-state index contributed by atoms with van der Waals surface area (Å²) in [5, 5.41) is 12.8. The van der Waals surface area contributed by atoms with E-state index in [2.05, 4.69) is 26.2 Å². The molecule has 3 nitrogen and oxygen atoms in total. The number of aromatic nitrogens is 1. The van der Waals surface area contributed by atoms with Gasteiger partial charge in [-0.15, -0.1) is 0 Å². The molecule has 0 unspecified atom stereocenters. The van der Waals surface area contributed by atoms with E-state index in [0.29, 0.717) is 0 Å². The molecule has 1 aromatic carbocycles. The predicted molar refractivity (Wildman–Crippen MR) is 75.5 cm³/mol. The second kappa shape index (κ2) is 6.52. The highest BCUT2D eigenvalue weighted by Crippen LogP contribution is 2.24. The Bertz CT molecular complexity index is 502. The largest absolute Gasteiger partial charge is 0.507 e. The lowest BCUT2D eigenvalue weighted by Gasteiger charge is -2.06. The maximum atomic E-state index is 9.39. The molecule has 0 spiro atoms. The average molecular weight is 307 g/mol. The minimum atomic E-state index is 0.274. The van der Waals surface area contributed by atoms with Gasteiger partial charge in [-0.2, -0.15) is 0 Å². The van der Waals surface area contributed by atoms with Gasteiger partial charge >= 0.3 is 0 Å². The zero-order chi connectivity index (χ0) is 12.8. The summed E-state index contributed by atoms with van der Waals surface area (Å²) < 4.78 is 0.732. The number of nitrogens with zero attached hydrogens (tertiary/aromatic N) is 1. The predicted octanol–water partition coefficient (Wildman–Crippen LogP) is 2.88. The molecular formula is C14H15BrN2O. The van der Waals surface area contributed by atoms with E-state index in [1.807, 2.05) is 36.7 Å². The molecule has 2 aromatic rings. The summed E-state index contributed by atoms with van der Waals surface area (Å²) in [4.78, 5) is 3.99. The number of rotatable bonds is 5. The third-order valence-corrected chi connectivity index (χ3v) is 3.32. The van der Waals surface area contributed by atoms with Crippen LogP contribution in [0.4, 0.5) is 0 Å². The smallest absolute Gasteiger partial charge is 0.129 e. The second-order valence-corrected chi connectivity index (χ2v) is 4.92. The Morgan fingerprint density at radius 1 is 1.11 bits per heavy atom. The van der Waals surface area contributed by atoms with E-state index in [0.717, 1.165) is 29.5 Å². The van der Waals surface area contributed by atoms with Gasteiger partial charge in [0.25, 0.3) is 0 Å². The van der Waals surface area contributed by atoms with Crippen LogP contribution < -0.4 is 5.32 Å². The highest BCUT2D eigenvalue weighted by molar-refractivity contribution is 9.10. The molecule has 0 atom stereocenters. The number of phenols is 1. The summed E-state index contributed by atoms with van der Waals surface area (Å²) in [7, 11) is 0. The van der Waals surface area contributed by atoms with Crippen LogP contribution in [0, 0.1) is 0 Å². The van der Waals surface area contributed by atoms with Crippen LogP contribution in [0.3, 0.4) is 0 Å². The number of halogens is 1. The van der Waals surface area contributed by atoms with Gasteiger partial charge in [0, 0.05) is 18.9 Å². The molecule has 0 bridgehead atoms. The molecule has 4 heteroatoms. The second-order valence-electron chi connectivity index (χ2n) is 4.07. The fraction of sp³-hybridized carbons (Fsp3) is 0.214. The van der Waals surface area contributed by atoms with Crippen LogP contribution in [0.2, 0.25) is 0 Å². The molecule has 0 saturated carbocycles. The van der Waals surface area contributed by atoms with E-state index < -0.39 is 0 Å². The fourth-order valence-electron chi connectivity index (χ4n) is 1.68. The molecule has 0 radical (unpaired) electrons. The molecule has 18 heavy (non-hydrogen) atoms. The summed E-state index contributed by atoms with van der Waals surface area (Å²) in [6, 6.07) is 9.59. The molecule has 1 heterocycles. The molecule has 0 amide bonds. The lowest BCUT2D eigenvalue weighted by Crippen LogP contribution is -2.16. The molecule has 0 aliphatic rings. The van der Waals surface area contributed by atoms with Crippen molar-refractivity contribution in [1.29, 1.82) is 0 Å². The Balaban J connectivity index is 1.77. The quantitative estimate of drug-likeness (QED) is 0.835. The van der Waals surface area contributed by atoms with Gasteiger partial charge in [-0.25, -0.2) is 0 Å². The van der Waals surface area contributed by atoms with Crippen molar-refractivity contribution in [1.82, 2.24) is 10.3 Å². The molecule has 94 valence electrons. The summed E-state index contributed by atoms with van der Waals surface area (Å²) >= 11 is 3.31. The Labute approximate surface area is 115 Å². The van der Waals surface area contributed by atoms with Crippen LogP contribution in [0.1, 0.15) is 11.1 Å². The van der Waals surface area contributed by atoms with Crippen LogP contribution in [-0.4, -0.2) is 16.6 Å². The van der Waals surface area contributed by atoms with Crippen molar-refractivity contribution in [2.45, 2.75) is 13.0 Å². The maximum Gasteiger partial charge on any atom is 0.129 e.